The third-order valence-corrected chi connectivity index (χ3v) is 8.94. The first kappa shape index (κ1) is 19.6. The van der Waals surface area contributed by atoms with E-state index in [-0.39, 0.29) is 0 Å². The van der Waals surface area contributed by atoms with Crippen molar-refractivity contribution >= 4 is 71.2 Å². The first-order valence-electron chi connectivity index (χ1n) is 12.6. The molecule has 0 radical (unpaired) electrons. The average Bonchev–Trinajstić information content (AvgIpc) is 3.69. The number of thiophene rings is 1. The van der Waals surface area contributed by atoms with Crippen LogP contribution in [-0.2, 0) is 0 Å². The quantitative estimate of drug-likeness (QED) is 0.229. The smallest absolute Gasteiger partial charge is 0.0655 e. The van der Waals surface area contributed by atoms with Crippen LogP contribution < -0.4 is 0 Å². The van der Waals surface area contributed by atoms with Gasteiger partial charge in [-0.15, -0.1) is 11.3 Å². The Morgan fingerprint density at radius 2 is 1.16 bits per heavy atom. The highest BCUT2D eigenvalue weighted by atomic mass is 32.1. The van der Waals surface area contributed by atoms with E-state index in [2.05, 4.69) is 130 Å². The van der Waals surface area contributed by atoms with Gasteiger partial charge in [0.25, 0.3) is 0 Å². The van der Waals surface area contributed by atoms with Crippen LogP contribution in [0.5, 0.6) is 0 Å². The number of rotatable bonds is 2. The van der Waals surface area contributed by atoms with Gasteiger partial charge in [-0.1, -0.05) is 78.9 Å². The summed E-state index contributed by atoms with van der Waals surface area (Å²) in [7, 11) is 0. The van der Waals surface area contributed by atoms with Crippen LogP contribution >= 0.6 is 11.3 Å². The summed E-state index contributed by atoms with van der Waals surface area (Å²) >= 11 is 1.85. The fourth-order valence-corrected chi connectivity index (χ4v) is 7.47. The number of fused-ring (bicyclic) bond motifs is 9. The van der Waals surface area contributed by atoms with Gasteiger partial charge in [-0.25, -0.2) is 0 Å². The fraction of sp³-hybridized carbons (Fsp3) is 0. The van der Waals surface area contributed by atoms with Gasteiger partial charge in [0.15, 0.2) is 0 Å². The van der Waals surface area contributed by atoms with Crippen molar-refractivity contribution in [2.45, 2.75) is 0 Å². The number of nitrogens with zero attached hydrogens (tertiary/aromatic N) is 2. The van der Waals surface area contributed by atoms with Gasteiger partial charge in [0.1, 0.15) is 0 Å². The van der Waals surface area contributed by atoms with Crippen LogP contribution in [0.1, 0.15) is 0 Å². The fourth-order valence-electron chi connectivity index (χ4n) is 6.43. The van der Waals surface area contributed by atoms with Crippen LogP contribution in [0.25, 0.3) is 76.0 Å². The van der Waals surface area contributed by atoms with Crippen molar-refractivity contribution in [3.05, 3.63) is 121 Å². The highest BCUT2D eigenvalue weighted by molar-refractivity contribution is 7.15. The van der Waals surface area contributed by atoms with Gasteiger partial charge in [-0.2, -0.15) is 0 Å². The Morgan fingerprint density at radius 3 is 2.03 bits per heavy atom. The SMILES string of the molecule is c1ccc(-n2c3ccccc3c3cc(-c4scc5c4c4cccc6c7ccccc7n5c64)ccc32)cc1. The van der Waals surface area contributed by atoms with Crippen LogP contribution in [0.4, 0.5) is 0 Å². The lowest BCUT2D eigenvalue weighted by Crippen LogP contribution is -1.92. The summed E-state index contributed by atoms with van der Waals surface area (Å²) in [6, 6.07) is 42.0. The topological polar surface area (TPSA) is 9.34 Å². The molecule has 5 aromatic carbocycles. The highest BCUT2D eigenvalue weighted by Gasteiger charge is 2.21. The molecule has 0 aliphatic carbocycles. The molecule has 0 N–H and O–H groups in total. The molecule has 2 nitrogen and oxygen atoms in total. The molecule has 3 heteroatoms. The Morgan fingerprint density at radius 1 is 0.486 bits per heavy atom. The second kappa shape index (κ2) is 7.00. The van der Waals surface area contributed by atoms with Crippen LogP contribution in [0.3, 0.4) is 0 Å². The second-order valence-electron chi connectivity index (χ2n) is 9.80. The van der Waals surface area contributed by atoms with E-state index in [0.29, 0.717) is 0 Å². The molecule has 0 fully saturated rings. The van der Waals surface area contributed by atoms with Crippen LogP contribution in [0.15, 0.2) is 121 Å². The summed E-state index contributed by atoms with van der Waals surface area (Å²) in [6.45, 7) is 0. The molecule has 0 atom stereocenters. The molecule has 0 amide bonds. The minimum Gasteiger partial charge on any atom is -0.309 e. The molecule has 0 aliphatic heterocycles. The maximum Gasteiger partial charge on any atom is 0.0655 e. The molecule has 0 aliphatic rings. The molecular formula is C34H20N2S. The molecule has 9 aromatic rings. The van der Waals surface area contributed by atoms with E-state index in [1.54, 1.807) is 0 Å². The van der Waals surface area contributed by atoms with Crippen molar-refractivity contribution in [1.29, 1.82) is 0 Å². The largest absolute Gasteiger partial charge is 0.309 e. The van der Waals surface area contributed by atoms with E-state index in [0.717, 1.165) is 0 Å². The zero-order chi connectivity index (χ0) is 24.1. The van der Waals surface area contributed by atoms with Gasteiger partial charge in [-0.05, 0) is 42.0 Å². The number of para-hydroxylation sites is 4. The van der Waals surface area contributed by atoms with Crippen molar-refractivity contribution in [3.63, 3.8) is 0 Å². The average molecular weight is 489 g/mol. The summed E-state index contributed by atoms with van der Waals surface area (Å²) in [5, 5.41) is 10.3. The molecule has 4 aromatic heterocycles. The van der Waals surface area contributed by atoms with Crippen molar-refractivity contribution in [2.75, 3.05) is 0 Å². The lowest BCUT2D eigenvalue weighted by Gasteiger charge is -2.07. The molecule has 0 saturated carbocycles. The maximum atomic E-state index is 2.47. The van der Waals surface area contributed by atoms with Crippen LogP contribution in [0, 0.1) is 0 Å². The van der Waals surface area contributed by atoms with Crippen molar-refractivity contribution in [3.8, 4) is 16.1 Å². The summed E-state index contributed by atoms with van der Waals surface area (Å²) < 4.78 is 4.85. The number of hydrogen-bond acceptors (Lipinski definition) is 1. The first-order chi connectivity index (χ1) is 18.4. The molecule has 0 spiro atoms. The number of benzene rings is 5. The zero-order valence-corrected chi connectivity index (χ0v) is 20.7. The van der Waals surface area contributed by atoms with E-state index < -0.39 is 0 Å². The normalized spacial score (nSPS) is 12.3. The molecule has 9 rings (SSSR count). The Labute approximate surface area is 216 Å². The molecular weight excluding hydrogens is 468 g/mol. The van der Waals surface area contributed by atoms with Crippen molar-refractivity contribution in [2.24, 2.45) is 0 Å². The van der Waals surface area contributed by atoms with E-state index in [1.165, 1.54) is 76.0 Å². The van der Waals surface area contributed by atoms with E-state index in [1.807, 2.05) is 11.3 Å². The summed E-state index contributed by atoms with van der Waals surface area (Å²) in [4.78, 5) is 1.34. The van der Waals surface area contributed by atoms with Gasteiger partial charge in [-0.3, -0.25) is 0 Å². The Balaban J connectivity index is 1.37. The minimum atomic E-state index is 1.19. The third kappa shape index (κ3) is 2.44. The standard InChI is InChI=1S/C34H20N2S/c1-2-9-22(10-3-1)35-28-15-6-5-12-24(28)27-19-21(17-18-30(27)35)34-32-26-14-8-13-25-23-11-4-7-16-29(23)36(33(25)26)31(32)20-37-34/h1-20H. The number of aromatic nitrogens is 2. The van der Waals surface area contributed by atoms with Gasteiger partial charge in [0.2, 0.25) is 0 Å². The van der Waals surface area contributed by atoms with Gasteiger partial charge >= 0.3 is 0 Å². The van der Waals surface area contributed by atoms with Gasteiger partial charge in [0, 0.05) is 48.3 Å². The highest BCUT2D eigenvalue weighted by Crippen LogP contribution is 2.46. The van der Waals surface area contributed by atoms with Crippen LogP contribution in [0.2, 0.25) is 0 Å². The predicted molar refractivity (Wildman–Crippen MR) is 159 cm³/mol. The molecule has 4 heterocycles. The zero-order valence-electron chi connectivity index (χ0n) is 19.8. The molecule has 0 bridgehead atoms. The van der Waals surface area contributed by atoms with E-state index in [4.69, 9.17) is 0 Å². The lowest BCUT2D eigenvalue weighted by molar-refractivity contribution is 1.18. The monoisotopic (exact) mass is 488 g/mol. The molecule has 37 heavy (non-hydrogen) atoms. The lowest BCUT2D eigenvalue weighted by atomic mass is 10.0. The van der Waals surface area contributed by atoms with Crippen molar-refractivity contribution in [1.82, 2.24) is 8.97 Å². The Hall–Kier alpha value is -4.60. The summed E-state index contributed by atoms with van der Waals surface area (Å²) in [5.41, 5.74) is 8.88. The Bertz CT molecular complexity index is 2300. The molecule has 0 unspecified atom stereocenters. The maximum absolute atomic E-state index is 2.47. The number of hydrogen-bond donors (Lipinski definition) is 0. The third-order valence-electron chi connectivity index (χ3n) is 7.93. The second-order valence-corrected chi connectivity index (χ2v) is 10.7. The molecule has 172 valence electrons. The van der Waals surface area contributed by atoms with Gasteiger partial charge < -0.3 is 8.97 Å². The van der Waals surface area contributed by atoms with E-state index >= 15 is 0 Å². The first-order valence-corrected chi connectivity index (χ1v) is 13.5. The van der Waals surface area contributed by atoms with E-state index in [9.17, 15) is 0 Å². The molecule has 0 saturated heterocycles. The van der Waals surface area contributed by atoms with Crippen LogP contribution in [-0.4, -0.2) is 8.97 Å². The summed E-state index contributed by atoms with van der Waals surface area (Å²) in [6.07, 6.45) is 0. The van der Waals surface area contributed by atoms with Crippen molar-refractivity contribution < 1.29 is 0 Å². The summed E-state index contributed by atoms with van der Waals surface area (Å²) in [5.74, 6) is 0. The Kier molecular flexibility index (Phi) is 3.70. The predicted octanol–water partition coefficient (Wildman–Crippen LogP) is 9.66. The van der Waals surface area contributed by atoms with Gasteiger partial charge in [0.05, 0.1) is 27.6 Å². The minimum absolute atomic E-state index is 1.19.